The average Bonchev–Trinajstić information content (AvgIpc) is 2.61. The van der Waals surface area contributed by atoms with E-state index in [4.69, 9.17) is 0 Å². The minimum Gasteiger partial charge on any atom is -0.387 e. The van der Waals surface area contributed by atoms with Crippen LogP contribution in [-0.2, 0) is 0 Å². The zero-order valence-corrected chi connectivity index (χ0v) is 15.1. The summed E-state index contributed by atoms with van der Waals surface area (Å²) in [5.41, 5.74) is 2.99. The lowest BCUT2D eigenvalue weighted by atomic mass is 10.0. The van der Waals surface area contributed by atoms with Crippen LogP contribution in [0.4, 0.5) is 4.79 Å². The molecule has 134 valence electrons. The maximum Gasteiger partial charge on any atom is 0.314 e. The van der Waals surface area contributed by atoms with E-state index in [1.54, 1.807) is 0 Å². The van der Waals surface area contributed by atoms with Crippen LogP contribution in [0.5, 0.6) is 0 Å². The van der Waals surface area contributed by atoms with Crippen molar-refractivity contribution in [1.29, 1.82) is 0 Å². The molecule has 2 aromatic rings. The molecule has 0 radical (unpaired) electrons. The largest absolute Gasteiger partial charge is 0.387 e. The van der Waals surface area contributed by atoms with Gasteiger partial charge in [0.05, 0.1) is 12.1 Å². The second-order valence-corrected chi connectivity index (χ2v) is 6.35. The van der Waals surface area contributed by atoms with Crippen molar-refractivity contribution in [3.8, 4) is 0 Å². The van der Waals surface area contributed by atoms with Gasteiger partial charge in [0.15, 0.2) is 0 Å². The lowest BCUT2D eigenvalue weighted by molar-refractivity contribution is 0.172. The Balaban J connectivity index is 1.84. The normalized spacial score (nSPS) is 13.3. The van der Waals surface area contributed by atoms with Crippen molar-refractivity contribution < 1.29 is 9.90 Å². The molecule has 0 saturated heterocycles. The molecule has 0 aliphatic carbocycles. The van der Waals surface area contributed by atoms with E-state index in [0.29, 0.717) is 6.54 Å². The van der Waals surface area contributed by atoms with Gasteiger partial charge in [0.25, 0.3) is 0 Å². The standard InChI is InChI=1S/C20H27N3O2/c1-15-9-7-8-12-17(15)19(24)14-22-20(25)21-13-18(23(2)3)16-10-5-4-6-11-16/h4-12,18-19,24H,13-14H2,1-3H3,(H2,21,22,25). The predicted molar refractivity (Wildman–Crippen MR) is 100 cm³/mol. The van der Waals surface area contributed by atoms with Crippen molar-refractivity contribution in [2.75, 3.05) is 27.2 Å². The van der Waals surface area contributed by atoms with E-state index in [1.807, 2.05) is 75.6 Å². The van der Waals surface area contributed by atoms with Crippen LogP contribution in [0.15, 0.2) is 54.6 Å². The molecule has 0 bridgehead atoms. The summed E-state index contributed by atoms with van der Waals surface area (Å²) in [6, 6.07) is 17.5. The molecule has 0 aliphatic heterocycles. The number of nitrogens with one attached hydrogen (secondary N) is 2. The molecule has 2 aromatic carbocycles. The molecule has 0 fully saturated rings. The Morgan fingerprint density at radius 1 is 1.00 bits per heavy atom. The van der Waals surface area contributed by atoms with E-state index in [9.17, 15) is 9.90 Å². The van der Waals surface area contributed by atoms with E-state index in [2.05, 4.69) is 15.5 Å². The molecular formula is C20H27N3O2. The summed E-state index contributed by atoms with van der Waals surface area (Å²) in [4.78, 5) is 14.1. The Hall–Kier alpha value is -2.37. The first-order valence-electron chi connectivity index (χ1n) is 8.45. The molecule has 2 rings (SSSR count). The smallest absolute Gasteiger partial charge is 0.314 e. The number of aryl methyl sites for hydroxylation is 1. The van der Waals surface area contributed by atoms with E-state index >= 15 is 0 Å². The van der Waals surface area contributed by atoms with Crippen LogP contribution < -0.4 is 10.6 Å². The summed E-state index contributed by atoms with van der Waals surface area (Å²) < 4.78 is 0. The molecule has 2 amide bonds. The molecular weight excluding hydrogens is 314 g/mol. The number of rotatable bonds is 7. The van der Waals surface area contributed by atoms with Crippen LogP contribution in [-0.4, -0.2) is 43.2 Å². The Labute approximate surface area is 149 Å². The van der Waals surface area contributed by atoms with E-state index in [0.717, 1.165) is 16.7 Å². The number of benzene rings is 2. The topological polar surface area (TPSA) is 64.6 Å². The number of carbonyl (C=O) groups excluding carboxylic acids is 1. The van der Waals surface area contributed by atoms with Crippen LogP contribution in [0.25, 0.3) is 0 Å². The maximum atomic E-state index is 12.1. The predicted octanol–water partition coefficient (Wildman–Crippen LogP) is 2.63. The van der Waals surface area contributed by atoms with Crippen LogP contribution >= 0.6 is 0 Å². The van der Waals surface area contributed by atoms with Crippen LogP contribution in [0.1, 0.15) is 28.8 Å². The van der Waals surface area contributed by atoms with Crippen LogP contribution in [0.2, 0.25) is 0 Å². The summed E-state index contributed by atoms with van der Waals surface area (Å²) in [6.07, 6.45) is -0.717. The van der Waals surface area contributed by atoms with Gasteiger partial charge in [-0.1, -0.05) is 54.6 Å². The molecule has 5 heteroatoms. The molecule has 3 N–H and O–H groups in total. The first-order valence-corrected chi connectivity index (χ1v) is 8.45. The fourth-order valence-electron chi connectivity index (χ4n) is 2.79. The maximum absolute atomic E-state index is 12.1. The summed E-state index contributed by atoms with van der Waals surface area (Å²) in [5, 5.41) is 15.9. The van der Waals surface area contributed by atoms with Crippen molar-refractivity contribution in [3.05, 3.63) is 71.3 Å². The van der Waals surface area contributed by atoms with Crippen LogP contribution in [0.3, 0.4) is 0 Å². The Bertz CT molecular complexity index is 674. The Kier molecular flexibility index (Phi) is 6.98. The molecule has 0 heterocycles. The third kappa shape index (κ3) is 5.59. The second-order valence-electron chi connectivity index (χ2n) is 6.35. The zero-order chi connectivity index (χ0) is 18.2. The highest BCUT2D eigenvalue weighted by atomic mass is 16.3. The number of carbonyl (C=O) groups is 1. The van der Waals surface area contributed by atoms with E-state index < -0.39 is 6.10 Å². The monoisotopic (exact) mass is 341 g/mol. The number of aliphatic hydroxyl groups is 1. The number of nitrogens with zero attached hydrogens (tertiary/aromatic N) is 1. The molecule has 2 unspecified atom stereocenters. The second kappa shape index (κ2) is 9.20. The van der Waals surface area contributed by atoms with Gasteiger partial charge in [-0.15, -0.1) is 0 Å². The van der Waals surface area contributed by atoms with Crippen molar-refractivity contribution in [2.24, 2.45) is 0 Å². The summed E-state index contributed by atoms with van der Waals surface area (Å²) >= 11 is 0. The number of urea groups is 1. The van der Waals surface area contributed by atoms with Crippen molar-refractivity contribution in [3.63, 3.8) is 0 Å². The molecule has 25 heavy (non-hydrogen) atoms. The lowest BCUT2D eigenvalue weighted by Gasteiger charge is -2.25. The Morgan fingerprint density at radius 2 is 1.60 bits per heavy atom. The van der Waals surface area contributed by atoms with Crippen molar-refractivity contribution >= 4 is 6.03 Å². The molecule has 0 aromatic heterocycles. The van der Waals surface area contributed by atoms with E-state index in [1.165, 1.54) is 0 Å². The third-order valence-corrected chi connectivity index (χ3v) is 4.27. The fourth-order valence-corrected chi connectivity index (χ4v) is 2.79. The highest BCUT2D eigenvalue weighted by molar-refractivity contribution is 5.73. The SMILES string of the molecule is Cc1ccccc1C(O)CNC(=O)NCC(c1ccccc1)N(C)C. The van der Waals surface area contributed by atoms with Gasteiger partial charge in [0.1, 0.15) is 0 Å². The molecule has 0 spiro atoms. The lowest BCUT2D eigenvalue weighted by Crippen LogP contribution is -2.41. The first-order chi connectivity index (χ1) is 12.0. The summed E-state index contributed by atoms with van der Waals surface area (Å²) in [6.45, 7) is 2.61. The quantitative estimate of drug-likeness (QED) is 0.725. The number of likely N-dealkylation sites (N-methyl/N-ethyl adjacent to an activating group) is 1. The van der Waals surface area contributed by atoms with Crippen molar-refractivity contribution in [2.45, 2.75) is 19.1 Å². The van der Waals surface area contributed by atoms with Gasteiger partial charge in [-0.05, 0) is 37.7 Å². The molecule has 0 saturated carbocycles. The average molecular weight is 341 g/mol. The van der Waals surface area contributed by atoms with Gasteiger partial charge >= 0.3 is 6.03 Å². The summed E-state index contributed by atoms with van der Waals surface area (Å²) in [7, 11) is 3.97. The molecule has 2 atom stereocenters. The Morgan fingerprint density at radius 3 is 2.24 bits per heavy atom. The number of amides is 2. The van der Waals surface area contributed by atoms with Crippen molar-refractivity contribution in [1.82, 2.24) is 15.5 Å². The minimum atomic E-state index is -0.717. The van der Waals surface area contributed by atoms with E-state index in [-0.39, 0.29) is 18.6 Å². The van der Waals surface area contributed by atoms with Crippen LogP contribution in [0, 0.1) is 6.92 Å². The summed E-state index contributed by atoms with van der Waals surface area (Å²) in [5.74, 6) is 0. The highest BCUT2D eigenvalue weighted by Crippen LogP contribution is 2.17. The number of hydrogen-bond acceptors (Lipinski definition) is 3. The van der Waals surface area contributed by atoms with Gasteiger partial charge in [0, 0.05) is 13.1 Å². The minimum absolute atomic E-state index is 0.0910. The number of hydrogen-bond donors (Lipinski definition) is 3. The molecule has 5 nitrogen and oxygen atoms in total. The molecule has 0 aliphatic rings. The highest BCUT2D eigenvalue weighted by Gasteiger charge is 2.16. The van der Waals surface area contributed by atoms with Gasteiger partial charge < -0.3 is 20.6 Å². The fraction of sp³-hybridized carbons (Fsp3) is 0.350. The first kappa shape index (κ1) is 19.0. The van der Waals surface area contributed by atoms with Gasteiger partial charge in [-0.2, -0.15) is 0 Å². The number of aliphatic hydroxyl groups excluding tert-OH is 1. The third-order valence-electron chi connectivity index (χ3n) is 4.27. The van der Waals surface area contributed by atoms with Gasteiger partial charge in [0.2, 0.25) is 0 Å². The zero-order valence-electron chi connectivity index (χ0n) is 15.1. The van der Waals surface area contributed by atoms with Gasteiger partial charge in [-0.3, -0.25) is 0 Å². The van der Waals surface area contributed by atoms with Gasteiger partial charge in [-0.25, -0.2) is 4.79 Å².